The molecular weight excluding hydrogens is 224 g/mol. The third-order valence-corrected chi connectivity index (χ3v) is 1.97. The van der Waals surface area contributed by atoms with Gasteiger partial charge in [0.15, 0.2) is 0 Å². The van der Waals surface area contributed by atoms with Crippen molar-refractivity contribution in [3.05, 3.63) is 17.5 Å². The van der Waals surface area contributed by atoms with Gasteiger partial charge in [-0.2, -0.15) is 4.98 Å². The van der Waals surface area contributed by atoms with Crippen LogP contribution in [0.25, 0.3) is 0 Å². The Hall–Kier alpha value is -1.69. The van der Waals surface area contributed by atoms with E-state index in [2.05, 4.69) is 9.97 Å². The van der Waals surface area contributed by atoms with Crippen LogP contribution >= 0.6 is 0 Å². The highest BCUT2D eigenvalue weighted by molar-refractivity contribution is 5.90. The molecule has 0 radical (unpaired) electrons. The lowest BCUT2D eigenvalue weighted by atomic mass is 10.2. The SMILES string of the molecule is CCOC(=O)c1cnc(OCCOC)nc1C. The molecule has 0 fully saturated rings. The van der Waals surface area contributed by atoms with Crippen LogP contribution < -0.4 is 4.74 Å². The molecule has 0 bridgehead atoms. The topological polar surface area (TPSA) is 70.5 Å². The molecular formula is C11H16N2O4. The first-order valence-electron chi connectivity index (χ1n) is 5.31. The molecule has 0 aromatic carbocycles. The summed E-state index contributed by atoms with van der Waals surface area (Å²) in [6.07, 6.45) is 1.41. The van der Waals surface area contributed by atoms with E-state index < -0.39 is 5.97 Å². The fourth-order valence-electron chi connectivity index (χ4n) is 1.14. The number of rotatable bonds is 6. The highest BCUT2D eigenvalue weighted by Crippen LogP contribution is 2.10. The van der Waals surface area contributed by atoms with E-state index >= 15 is 0 Å². The number of carbonyl (C=O) groups is 1. The minimum absolute atomic E-state index is 0.229. The first-order chi connectivity index (χ1) is 8.19. The van der Waals surface area contributed by atoms with Crippen LogP contribution in [0.4, 0.5) is 0 Å². The molecule has 94 valence electrons. The standard InChI is InChI=1S/C11H16N2O4/c1-4-16-10(14)9-7-12-11(13-8(9)2)17-6-5-15-3/h7H,4-6H2,1-3H3. The minimum atomic E-state index is -0.423. The van der Waals surface area contributed by atoms with E-state index in [1.807, 2.05) is 0 Å². The maximum Gasteiger partial charge on any atom is 0.341 e. The fourth-order valence-corrected chi connectivity index (χ4v) is 1.14. The van der Waals surface area contributed by atoms with E-state index in [1.165, 1.54) is 6.20 Å². The Kier molecular flexibility index (Phi) is 5.35. The van der Waals surface area contributed by atoms with Crippen LogP contribution in [0.5, 0.6) is 6.01 Å². The Morgan fingerprint density at radius 3 is 2.76 bits per heavy atom. The van der Waals surface area contributed by atoms with Gasteiger partial charge in [-0.15, -0.1) is 0 Å². The molecule has 1 rings (SSSR count). The molecule has 0 unspecified atom stereocenters. The molecule has 0 atom stereocenters. The first-order valence-corrected chi connectivity index (χ1v) is 5.31. The minimum Gasteiger partial charge on any atom is -0.462 e. The lowest BCUT2D eigenvalue weighted by Crippen LogP contribution is -2.11. The van der Waals surface area contributed by atoms with Crippen LogP contribution in [0.15, 0.2) is 6.20 Å². The van der Waals surface area contributed by atoms with E-state index in [1.54, 1.807) is 21.0 Å². The van der Waals surface area contributed by atoms with Crippen molar-refractivity contribution in [2.24, 2.45) is 0 Å². The normalized spacial score (nSPS) is 10.1. The summed E-state index contributed by atoms with van der Waals surface area (Å²) in [6.45, 7) is 4.61. The van der Waals surface area contributed by atoms with Gasteiger partial charge in [0.05, 0.1) is 24.5 Å². The monoisotopic (exact) mass is 240 g/mol. The first kappa shape index (κ1) is 13.4. The van der Waals surface area contributed by atoms with Gasteiger partial charge >= 0.3 is 12.0 Å². The van der Waals surface area contributed by atoms with E-state index in [0.717, 1.165) is 0 Å². The van der Waals surface area contributed by atoms with E-state index in [4.69, 9.17) is 14.2 Å². The smallest absolute Gasteiger partial charge is 0.341 e. The molecule has 6 heteroatoms. The summed E-state index contributed by atoms with van der Waals surface area (Å²) >= 11 is 0. The summed E-state index contributed by atoms with van der Waals surface area (Å²) in [6, 6.07) is 0.229. The van der Waals surface area contributed by atoms with Crippen LogP contribution in [0.1, 0.15) is 23.0 Å². The highest BCUT2D eigenvalue weighted by Gasteiger charge is 2.12. The Bertz CT molecular complexity index is 382. The maximum absolute atomic E-state index is 11.5. The summed E-state index contributed by atoms with van der Waals surface area (Å²) in [5.41, 5.74) is 0.886. The molecule has 17 heavy (non-hydrogen) atoms. The number of hydrogen-bond acceptors (Lipinski definition) is 6. The second-order valence-corrected chi connectivity index (χ2v) is 3.21. The Balaban J connectivity index is 2.68. The number of ether oxygens (including phenoxy) is 3. The third-order valence-electron chi connectivity index (χ3n) is 1.97. The number of aromatic nitrogens is 2. The van der Waals surface area contributed by atoms with Crippen LogP contribution in [0.2, 0.25) is 0 Å². The zero-order chi connectivity index (χ0) is 12.7. The quantitative estimate of drug-likeness (QED) is 0.545. The fraction of sp³-hybridized carbons (Fsp3) is 0.545. The van der Waals surface area contributed by atoms with Gasteiger partial charge in [0.25, 0.3) is 0 Å². The largest absolute Gasteiger partial charge is 0.462 e. The van der Waals surface area contributed by atoms with Gasteiger partial charge in [-0.05, 0) is 13.8 Å². The number of esters is 1. The van der Waals surface area contributed by atoms with Crippen molar-refractivity contribution in [3.63, 3.8) is 0 Å². The summed E-state index contributed by atoms with van der Waals surface area (Å²) in [7, 11) is 1.58. The summed E-state index contributed by atoms with van der Waals surface area (Å²) < 4.78 is 14.9. The summed E-state index contributed by atoms with van der Waals surface area (Å²) in [5, 5.41) is 0. The molecule has 1 heterocycles. The van der Waals surface area contributed by atoms with Gasteiger partial charge in [0.1, 0.15) is 6.61 Å². The zero-order valence-corrected chi connectivity index (χ0v) is 10.2. The Morgan fingerprint density at radius 1 is 1.41 bits per heavy atom. The van der Waals surface area contributed by atoms with Crippen molar-refractivity contribution in [1.82, 2.24) is 9.97 Å². The number of aryl methyl sites for hydroxylation is 1. The number of carbonyl (C=O) groups excluding carboxylic acids is 1. The van der Waals surface area contributed by atoms with Gasteiger partial charge in [0, 0.05) is 13.3 Å². The zero-order valence-electron chi connectivity index (χ0n) is 10.2. The van der Waals surface area contributed by atoms with Crippen LogP contribution in [-0.4, -0.2) is 42.9 Å². The van der Waals surface area contributed by atoms with Crippen molar-refractivity contribution in [1.29, 1.82) is 0 Å². The van der Waals surface area contributed by atoms with Crippen LogP contribution in [-0.2, 0) is 9.47 Å². The van der Waals surface area contributed by atoms with Crippen molar-refractivity contribution in [2.45, 2.75) is 13.8 Å². The Morgan fingerprint density at radius 2 is 2.18 bits per heavy atom. The number of nitrogens with zero attached hydrogens (tertiary/aromatic N) is 2. The number of methoxy groups -OCH3 is 1. The van der Waals surface area contributed by atoms with E-state index in [9.17, 15) is 4.79 Å². The molecule has 0 amide bonds. The van der Waals surface area contributed by atoms with E-state index in [-0.39, 0.29) is 6.01 Å². The van der Waals surface area contributed by atoms with Crippen molar-refractivity contribution >= 4 is 5.97 Å². The molecule has 6 nitrogen and oxygen atoms in total. The molecule has 0 N–H and O–H groups in total. The number of hydrogen-bond donors (Lipinski definition) is 0. The predicted octanol–water partition coefficient (Wildman–Crippen LogP) is 0.987. The molecule has 0 aliphatic rings. The predicted molar refractivity (Wildman–Crippen MR) is 60.1 cm³/mol. The van der Waals surface area contributed by atoms with Gasteiger partial charge in [0.2, 0.25) is 0 Å². The maximum atomic E-state index is 11.5. The molecule has 0 saturated heterocycles. The highest BCUT2D eigenvalue weighted by atomic mass is 16.5. The van der Waals surface area contributed by atoms with Crippen LogP contribution in [0, 0.1) is 6.92 Å². The Labute approximate surface area is 99.9 Å². The van der Waals surface area contributed by atoms with Gasteiger partial charge in [-0.3, -0.25) is 0 Å². The lowest BCUT2D eigenvalue weighted by Gasteiger charge is -2.07. The molecule has 1 aromatic rings. The molecule has 0 saturated carbocycles. The second-order valence-electron chi connectivity index (χ2n) is 3.21. The lowest BCUT2D eigenvalue weighted by molar-refractivity contribution is 0.0524. The average Bonchev–Trinajstić information content (AvgIpc) is 2.29. The molecule has 0 aliphatic heterocycles. The second kappa shape index (κ2) is 6.80. The van der Waals surface area contributed by atoms with Crippen molar-refractivity contribution < 1.29 is 19.0 Å². The van der Waals surface area contributed by atoms with Gasteiger partial charge in [-0.25, -0.2) is 9.78 Å². The molecule has 0 aliphatic carbocycles. The van der Waals surface area contributed by atoms with Crippen molar-refractivity contribution in [3.8, 4) is 6.01 Å². The van der Waals surface area contributed by atoms with Gasteiger partial charge < -0.3 is 14.2 Å². The third kappa shape index (κ3) is 3.99. The van der Waals surface area contributed by atoms with Gasteiger partial charge in [-0.1, -0.05) is 0 Å². The van der Waals surface area contributed by atoms with Crippen LogP contribution in [0.3, 0.4) is 0 Å². The summed E-state index contributed by atoms with van der Waals surface area (Å²) in [5.74, 6) is -0.423. The average molecular weight is 240 g/mol. The summed E-state index contributed by atoms with van der Waals surface area (Å²) in [4.78, 5) is 19.5. The van der Waals surface area contributed by atoms with E-state index in [0.29, 0.717) is 31.1 Å². The molecule has 1 aromatic heterocycles. The molecule has 0 spiro atoms. The van der Waals surface area contributed by atoms with Crippen molar-refractivity contribution in [2.75, 3.05) is 26.9 Å².